The van der Waals surface area contributed by atoms with Crippen LogP contribution in [0.25, 0.3) is 21.8 Å². The summed E-state index contributed by atoms with van der Waals surface area (Å²) < 4.78 is 17.1. The normalized spacial score (nSPS) is 15.1. The van der Waals surface area contributed by atoms with E-state index in [0.717, 1.165) is 78.3 Å². The number of nitrogens with zero attached hydrogens (tertiary/aromatic N) is 2. The van der Waals surface area contributed by atoms with Crippen molar-refractivity contribution in [2.75, 3.05) is 58.9 Å². The molecule has 6 nitrogen and oxygen atoms in total. The van der Waals surface area contributed by atoms with Crippen LogP contribution in [0.5, 0.6) is 11.5 Å². The molecule has 6 heteroatoms. The lowest BCUT2D eigenvalue weighted by Gasteiger charge is -2.26. The van der Waals surface area contributed by atoms with Crippen molar-refractivity contribution in [2.45, 2.75) is 6.42 Å². The van der Waals surface area contributed by atoms with E-state index >= 15 is 0 Å². The van der Waals surface area contributed by atoms with Gasteiger partial charge in [-0.1, -0.05) is 18.2 Å². The van der Waals surface area contributed by atoms with Gasteiger partial charge in [0.1, 0.15) is 0 Å². The fourth-order valence-corrected chi connectivity index (χ4v) is 3.74. The number of rotatable bonds is 7. The fourth-order valence-electron chi connectivity index (χ4n) is 3.74. The quantitative estimate of drug-likeness (QED) is 0.499. The van der Waals surface area contributed by atoms with Crippen LogP contribution in [0.2, 0.25) is 0 Å². The van der Waals surface area contributed by atoms with Crippen LogP contribution in [-0.4, -0.2) is 63.5 Å². The van der Waals surface area contributed by atoms with E-state index in [1.54, 1.807) is 7.11 Å². The van der Waals surface area contributed by atoms with Gasteiger partial charge in [-0.2, -0.15) is 0 Å². The van der Waals surface area contributed by atoms with E-state index in [1.165, 1.54) is 0 Å². The van der Waals surface area contributed by atoms with Crippen molar-refractivity contribution in [1.29, 1.82) is 0 Å². The number of anilines is 1. The summed E-state index contributed by atoms with van der Waals surface area (Å²) in [7, 11) is 3.61. The van der Waals surface area contributed by atoms with Gasteiger partial charge in [0.2, 0.25) is 0 Å². The zero-order chi connectivity index (χ0) is 19.3. The van der Waals surface area contributed by atoms with E-state index < -0.39 is 0 Å². The number of aromatic nitrogens is 1. The molecule has 1 aliphatic heterocycles. The zero-order valence-electron chi connectivity index (χ0n) is 16.5. The summed E-state index contributed by atoms with van der Waals surface area (Å²) in [6.07, 6.45) is 0.966. The minimum Gasteiger partial charge on any atom is -0.493 e. The van der Waals surface area contributed by atoms with Crippen molar-refractivity contribution < 1.29 is 14.2 Å². The topological polar surface area (TPSA) is 55.9 Å². The summed E-state index contributed by atoms with van der Waals surface area (Å²) in [6.45, 7) is 5.32. The number of pyridine rings is 1. The lowest BCUT2D eigenvalue weighted by atomic mass is 10.1. The summed E-state index contributed by atoms with van der Waals surface area (Å²) in [5, 5.41) is 5.44. The predicted molar refractivity (Wildman–Crippen MR) is 113 cm³/mol. The van der Waals surface area contributed by atoms with Gasteiger partial charge >= 0.3 is 0 Å². The second-order valence-electron chi connectivity index (χ2n) is 6.93. The molecule has 0 amide bonds. The highest BCUT2D eigenvalue weighted by atomic mass is 16.5. The largest absolute Gasteiger partial charge is 0.493 e. The molecule has 1 aromatic heterocycles. The van der Waals surface area contributed by atoms with Gasteiger partial charge in [0, 0.05) is 43.5 Å². The van der Waals surface area contributed by atoms with Gasteiger partial charge in [-0.3, -0.25) is 4.90 Å². The van der Waals surface area contributed by atoms with Crippen molar-refractivity contribution >= 4 is 27.5 Å². The van der Waals surface area contributed by atoms with E-state index in [2.05, 4.69) is 16.3 Å². The number of fused-ring (bicyclic) bond motifs is 2. The number of benzene rings is 2. The zero-order valence-corrected chi connectivity index (χ0v) is 16.5. The summed E-state index contributed by atoms with van der Waals surface area (Å²) in [5.74, 6) is 1.47. The number of para-hydroxylation sites is 1. The van der Waals surface area contributed by atoms with E-state index in [1.807, 2.05) is 37.4 Å². The molecule has 2 aromatic carbocycles. The molecule has 0 bridgehead atoms. The number of morpholine rings is 1. The fraction of sp³-hybridized carbons (Fsp3) is 0.409. The summed E-state index contributed by atoms with van der Waals surface area (Å²) in [6, 6.07) is 12.1. The molecular formula is C22H27N3O3. The molecule has 0 atom stereocenters. The van der Waals surface area contributed by atoms with E-state index in [4.69, 9.17) is 19.2 Å². The average molecular weight is 381 g/mol. The van der Waals surface area contributed by atoms with Crippen molar-refractivity contribution in [3.05, 3.63) is 36.4 Å². The Balaban J connectivity index is 1.56. The molecule has 3 aromatic rings. The second-order valence-corrected chi connectivity index (χ2v) is 6.93. The van der Waals surface area contributed by atoms with Gasteiger partial charge in [0.25, 0.3) is 0 Å². The summed E-state index contributed by atoms with van der Waals surface area (Å²) in [4.78, 5) is 7.24. The minimum absolute atomic E-state index is 0.645. The first-order valence-electron chi connectivity index (χ1n) is 9.81. The lowest BCUT2D eigenvalue weighted by molar-refractivity contribution is 0.0357. The van der Waals surface area contributed by atoms with Gasteiger partial charge in [-0.25, -0.2) is 4.98 Å². The first-order valence-corrected chi connectivity index (χ1v) is 9.81. The molecule has 0 radical (unpaired) electrons. The van der Waals surface area contributed by atoms with Crippen LogP contribution in [-0.2, 0) is 4.74 Å². The first-order chi connectivity index (χ1) is 13.8. The van der Waals surface area contributed by atoms with Crippen LogP contribution < -0.4 is 14.8 Å². The third-order valence-corrected chi connectivity index (χ3v) is 5.20. The van der Waals surface area contributed by atoms with Crippen LogP contribution in [0.1, 0.15) is 6.42 Å². The van der Waals surface area contributed by atoms with Gasteiger partial charge in [-0.05, 0) is 18.6 Å². The van der Waals surface area contributed by atoms with Crippen molar-refractivity contribution in [3.8, 4) is 11.5 Å². The van der Waals surface area contributed by atoms with E-state index in [0.29, 0.717) is 6.61 Å². The number of nitrogens with one attached hydrogen (secondary N) is 1. The second kappa shape index (κ2) is 8.63. The molecule has 0 aliphatic carbocycles. The molecule has 0 unspecified atom stereocenters. The van der Waals surface area contributed by atoms with Gasteiger partial charge in [0.05, 0.1) is 43.7 Å². The Morgan fingerprint density at radius 1 is 1.07 bits per heavy atom. The van der Waals surface area contributed by atoms with Gasteiger partial charge in [-0.15, -0.1) is 0 Å². The third-order valence-electron chi connectivity index (χ3n) is 5.20. The average Bonchev–Trinajstić information content (AvgIpc) is 2.75. The Morgan fingerprint density at radius 3 is 2.68 bits per heavy atom. The maximum absolute atomic E-state index is 6.07. The Labute approximate surface area is 165 Å². The van der Waals surface area contributed by atoms with Gasteiger partial charge < -0.3 is 19.5 Å². The Kier molecular flexibility index (Phi) is 5.78. The van der Waals surface area contributed by atoms with E-state index in [-0.39, 0.29) is 0 Å². The highest BCUT2D eigenvalue weighted by molar-refractivity contribution is 6.08. The van der Waals surface area contributed by atoms with Crippen molar-refractivity contribution in [1.82, 2.24) is 9.88 Å². The molecular weight excluding hydrogens is 354 g/mol. The minimum atomic E-state index is 0.645. The van der Waals surface area contributed by atoms with Crippen molar-refractivity contribution in [2.24, 2.45) is 0 Å². The molecule has 1 N–H and O–H groups in total. The molecule has 1 aliphatic rings. The summed E-state index contributed by atoms with van der Waals surface area (Å²) >= 11 is 0. The molecule has 148 valence electrons. The molecule has 0 spiro atoms. The number of hydrogen-bond acceptors (Lipinski definition) is 6. The Bertz CT molecular complexity index is 955. The van der Waals surface area contributed by atoms with Crippen LogP contribution in [0.3, 0.4) is 0 Å². The van der Waals surface area contributed by atoms with Crippen LogP contribution in [0.4, 0.5) is 5.69 Å². The van der Waals surface area contributed by atoms with E-state index in [9.17, 15) is 0 Å². The highest BCUT2D eigenvalue weighted by Crippen LogP contribution is 2.37. The predicted octanol–water partition coefficient (Wildman–Crippen LogP) is 3.54. The molecule has 0 saturated carbocycles. The Hall–Kier alpha value is -2.57. The molecule has 28 heavy (non-hydrogen) atoms. The van der Waals surface area contributed by atoms with Crippen LogP contribution >= 0.6 is 0 Å². The van der Waals surface area contributed by atoms with Crippen molar-refractivity contribution in [3.63, 3.8) is 0 Å². The summed E-state index contributed by atoms with van der Waals surface area (Å²) in [5.41, 5.74) is 2.91. The van der Waals surface area contributed by atoms with Crippen LogP contribution in [0, 0.1) is 0 Å². The monoisotopic (exact) mass is 381 g/mol. The number of methoxy groups -OCH3 is 1. The maximum Gasteiger partial charge on any atom is 0.163 e. The van der Waals surface area contributed by atoms with Gasteiger partial charge in [0.15, 0.2) is 11.5 Å². The molecule has 1 saturated heterocycles. The number of hydrogen-bond donors (Lipinski definition) is 1. The highest BCUT2D eigenvalue weighted by Gasteiger charge is 2.14. The lowest BCUT2D eigenvalue weighted by Crippen LogP contribution is -2.37. The standard InChI is InChI=1S/C22H27N3O3/c1-23-22-16-6-3-4-7-18(16)24-19-15-21(20(26-2)14-17(19)22)28-11-5-8-25-9-12-27-13-10-25/h3-4,6-7,14-15H,5,8-13H2,1-2H3,(H,23,24). The smallest absolute Gasteiger partial charge is 0.163 e. The maximum atomic E-state index is 6.07. The SMILES string of the molecule is CNc1c2ccccc2nc2cc(OCCCN3CCOCC3)c(OC)cc12. The molecule has 4 rings (SSSR count). The molecule has 1 fully saturated rings. The first kappa shape index (κ1) is 18.8. The third kappa shape index (κ3) is 3.84. The number of ether oxygens (including phenoxy) is 3. The molecule has 2 heterocycles. The Morgan fingerprint density at radius 2 is 1.89 bits per heavy atom. The van der Waals surface area contributed by atoms with Crippen LogP contribution in [0.15, 0.2) is 36.4 Å².